The van der Waals surface area contributed by atoms with Crippen molar-refractivity contribution in [3.8, 4) is 22.6 Å². The van der Waals surface area contributed by atoms with Gasteiger partial charge in [-0.25, -0.2) is 0 Å². The summed E-state index contributed by atoms with van der Waals surface area (Å²) in [6.07, 6.45) is 1.42. The van der Waals surface area contributed by atoms with E-state index in [-0.39, 0.29) is 29.9 Å². The molecule has 0 unspecified atom stereocenters. The third-order valence-corrected chi connectivity index (χ3v) is 7.14. The number of hydrogen-bond acceptors (Lipinski definition) is 6. The van der Waals surface area contributed by atoms with Crippen LogP contribution in [0.4, 0.5) is 5.69 Å². The number of aromatic amines is 1. The molecule has 0 saturated heterocycles. The van der Waals surface area contributed by atoms with Crippen LogP contribution in [0.25, 0.3) is 22.0 Å². The van der Waals surface area contributed by atoms with Gasteiger partial charge in [0.1, 0.15) is 17.1 Å². The maximum absolute atomic E-state index is 13.6. The maximum Gasteiger partial charge on any atom is 0.325 e. The zero-order valence-electron chi connectivity index (χ0n) is 25.6. The van der Waals surface area contributed by atoms with Gasteiger partial charge < -0.3 is 19.8 Å². The van der Waals surface area contributed by atoms with E-state index in [0.717, 1.165) is 11.1 Å². The second-order valence-electron chi connectivity index (χ2n) is 11.1. The normalized spacial score (nSPS) is 11.2. The molecule has 2 N–H and O–H groups in total. The molecule has 0 saturated carbocycles. The van der Waals surface area contributed by atoms with E-state index < -0.39 is 17.3 Å². The van der Waals surface area contributed by atoms with E-state index in [2.05, 4.69) is 10.3 Å². The number of amides is 1. The summed E-state index contributed by atoms with van der Waals surface area (Å²) < 4.78 is 11.7. The number of para-hydroxylation sites is 1. The number of hydrogen-bond donors (Lipinski definition) is 2. The van der Waals surface area contributed by atoms with Crippen molar-refractivity contribution in [2.75, 3.05) is 31.6 Å². The van der Waals surface area contributed by atoms with Gasteiger partial charge in [-0.05, 0) is 61.3 Å². The summed E-state index contributed by atoms with van der Waals surface area (Å²) in [7, 11) is 0. The first-order valence-corrected chi connectivity index (χ1v) is 14.3. The number of ether oxygens (including phenoxy) is 2. The lowest BCUT2D eigenvalue weighted by molar-refractivity contribution is -0.135. The molecule has 43 heavy (non-hydrogen) atoms. The number of aromatic nitrogens is 1. The summed E-state index contributed by atoms with van der Waals surface area (Å²) in [5.74, 6) is 0.0732. The molecule has 228 valence electrons. The van der Waals surface area contributed by atoms with Crippen molar-refractivity contribution in [2.24, 2.45) is 0 Å². The van der Waals surface area contributed by atoms with Gasteiger partial charge in [0.15, 0.2) is 0 Å². The molecular weight excluding hydrogens is 566 g/mol. The number of pyridine rings is 1. The molecule has 4 rings (SSSR count). The smallest absolute Gasteiger partial charge is 0.325 e. The Balaban J connectivity index is 0.00000506. The van der Waals surface area contributed by atoms with E-state index in [1.54, 1.807) is 24.3 Å². The fourth-order valence-electron chi connectivity index (χ4n) is 4.82. The minimum atomic E-state index is -0.576. The number of halogens is 1. The van der Waals surface area contributed by atoms with Crippen LogP contribution in [-0.4, -0.2) is 48.0 Å². The zero-order chi connectivity index (χ0) is 30.4. The highest BCUT2D eigenvalue weighted by Crippen LogP contribution is 2.41. The van der Waals surface area contributed by atoms with Crippen molar-refractivity contribution in [3.63, 3.8) is 0 Å². The van der Waals surface area contributed by atoms with E-state index in [1.165, 1.54) is 6.20 Å². The van der Waals surface area contributed by atoms with Crippen molar-refractivity contribution in [1.29, 1.82) is 0 Å². The lowest BCUT2D eigenvalue weighted by Crippen LogP contribution is -2.32. The molecule has 0 atom stereocenters. The molecule has 0 spiro atoms. The van der Waals surface area contributed by atoms with Crippen molar-refractivity contribution in [1.82, 2.24) is 9.88 Å². The van der Waals surface area contributed by atoms with E-state index in [1.807, 2.05) is 82.8 Å². The highest BCUT2D eigenvalue weighted by Gasteiger charge is 2.26. The van der Waals surface area contributed by atoms with Gasteiger partial charge in [0.05, 0.1) is 18.8 Å². The standard InChI is InChI=1S/C34H39N3O5.ClH/c1-7-37(8-2)21-31(38)42-30-19-29(36-33(40)26-20-35-28-16-11-10-15-24(28)32(26)39)25(18-27(30)34(4,5)6)22-13-12-14-23(17-22)41-9-3;/h10-20H,7-9,21H2,1-6H3,(H,35,39)(H,36,40);1H. The van der Waals surface area contributed by atoms with Crippen molar-refractivity contribution in [3.05, 3.63) is 88.2 Å². The molecule has 0 aliphatic rings. The number of anilines is 1. The molecule has 9 heteroatoms. The highest BCUT2D eigenvalue weighted by atomic mass is 35.5. The van der Waals surface area contributed by atoms with Crippen LogP contribution in [-0.2, 0) is 10.2 Å². The van der Waals surface area contributed by atoms with Gasteiger partial charge in [0.25, 0.3) is 5.91 Å². The first-order valence-electron chi connectivity index (χ1n) is 14.3. The molecule has 0 aliphatic heterocycles. The van der Waals surface area contributed by atoms with Gasteiger partial charge in [0.2, 0.25) is 5.43 Å². The Bertz CT molecular complexity index is 1650. The number of carbonyl (C=O) groups excluding carboxylic acids is 2. The van der Waals surface area contributed by atoms with Crippen LogP contribution in [0, 0.1) is 0 Å². The van der Waals surface area contributed by atoms with Crippen LogP contribution in [0.15, 0.2) is 71.7 Å². The third-order valence-electron chi connectivity index (χ3n) is 7.14. The summed E-state index contributed by atoms with van der Waals surface area (Å²) in [6, 6.07) is 18.2. The van der Waals surface area contributed by atoms with E-state index >= 15 is 0 Å². The molecule has 0 fully saturated rings. The molecular formula is C34H40ClN3O5. The number of carbonyl (C=O) groups is 2. The van der Waals surface area contributed by atoms with Crippen molar-refractivity contribution < 1.29 is 19.1 Å². The number of rotatable bonds is 10. The molecule has 8 nitrogen and oxygen atoms in total. The molecule has 1 heterocycles. The number of nitrogens with one attached hydrogen (secondary N) is 2. The van der Waals surface area contributed by atoms with Crippen LogP contribution >= 0.6 is 12.4 Å². The molecule has 0 bridgehead atoms. The van der Waals surface area contributed by atoms with Gasteiger partial charge in [-0.1, -0.05) is 58.9 Å². The Morgan fingerprint density at radius 2 is 1.67 bits per heavy atom. The van der Waals surface area contributed by atoms with Crippen LogP contribution < -0.4 is 20.2 Å². The minimum absolute atomic E-state index is 0. The monoisotopic (exact) mass is 605 g/mol. The van der Waals surface area contributed by atoms with Gasteiger partial charge in [-0.2, -0.15) is 0 Å². The Morgan fingerprint density at radius 1 is 0.953 bits per heavy atom. The second-order valence-corrected chi connectivity index (χ2v) is 11.1. The Hall–Kier alpha value is -4.14. The number of fused-ring (bicyclic) bond motifs is 1. The van der Waals surface area contributed by atoms with E-state index in [0.29, 0.717) is 53.3 Å². The number of benzene rings is 3. The van der Waals surface area contributed by atoms with Crippen LogP contribution in [0.5, 0.6) is 11.5 Å². The maximum atomic E-state index is 13.6. The fraction of sp³-hybridized carbons (Fsp3) is 0.324. The third kappa shape index (κ3) is 7.83. The quantitative estimate of drug-likeness (QED) is 0.152. The SMILES string of the molecule is CCOc1cccc(-c2cc(C(C)(C)C)c(OC(=O)CN(CC)CC)cc2NC(=O)c2c[nH]c3ccccc3c2=O)c1.Cl. The first-order chi connectivity index (χ1) is 20.0. The Labute approximate surface area is 258 Å². The van der Waals surface area contributed by atoms with Crippen LogP contribution in [0.1, 0.15) is 57.5 Å². The summed E-state index contributed by atoms with van der Waals surface area (Å²) in [5, 5.41) is 3.36. The summed E-state index contributed by atoms with van der Waals surface area (Å²) in [5.41, 5.74) is 2.56. The summed E-state index contributed by atoms with van der Waals surface area (Å²) >= 11 is 0. The molecule has 0 radical (unpaired) electrons. The largest absolute Gasteiger partial charge is 0.494 e. The topological polar surface area (TPSA) is 101 Å². The van der Waals surface area contributed by atoms with Crippen molar-refractivity contribution in [2.45, 2.75) is 47.0 Å². The Kier molecular flexibility index (Phi) is 11.1. The summed E-state index contributed by atoms with van der Waals surface area (Å²) in [6.45, 7) is 14.1. The zero-order valence-corrected chi connectivity index (χ0v) is 26.4. The van der Waals surface area contributed by atoms with Gasteiger partial charge >= 0.3 is 5.97 Å². The van der Waals surface area contributed by atoms with Gasteiger partial charge in [-0.15, -0.1) is 12.4 Å². The number of esters is 1. The second kappa shape index (κ2) is 14.4. The van der Waals surface area contributed by atoms with Gasteiger partial charge in [0, 0.05) is 34.3 Å². The predicted octanol–water partition coefficient (Wildman–Crippen LogP) is 6.81. The van der Waals surface area contributed by atoms with E-state index in [9.17, 15) is 14.4 Å². The average molecular weight is 606 g/mol. The lowest BCUT2D eigenvalue weighted by Gasteiger charge is -2.26. The average Bonchev–Trinajstić information content (AvgIpc) is 2.96. The molecule has 1 amide bonds. The van der Waals surface area contributed by atoms with Crippen molar-refractivity contribution >= 4 is 40.9 Å². The number of H-pyrrole nitrogens is 1. The van der Waals surface area contributed by atoms with E-state index in [4.69, 9.17) is 9.47 Å². The highest BCUT2D eigenvalue weighted by molar-refractivity contribution is 6.07. The number of likely N-dealkylation sites (N-methyl/N-ethyl adjacent to an activating group) is 1. The fourth-order valence-corrected chi connectivity index (χ4v) is 4.82. The minimum Gasteiger partial charge on any atom is -0.494 e. The molecule has 1 aromatic heterocycles. The lowest BCUT2D eigenvalue weighted by atomic mass is 9.84. The molecule has 0 aliphatic carbocycles. The van der Waals surface area contributed by atoms with Crippen LogP contribution in [0.2, 0.25) is 0 Å². The Morgan fingerprint density at radius 3 is 2.35 bits per heavy atom. The number of nitrogens with zero attached hydrogens (tertiary/aromatic N) is 1. The molecule has 3 aromatic carbocycles. The first kappa shape index (κ1) is 33.4. The van der Waals surface area contributed by atoms with Gasteiger partial charge in [-0.3, -0.25) is 19.3 Å². The van der Waals surface area contributed by atoms with Crippen LogP contribution in [0.3, 0.4) is 0 Å². The predicted molar refractivity (Wildman–Crippen MR) is 175 cm³/mol. The molecule has 4 aromatic rings. The summed E-state index contributed by atoms with van der Waals surface area (Å²) in [4.78, 5) is 44.8.